The number of carboxylic acids is 1. The fraction of sp³-hybridized carbons (Fsp3) is 0.222. The summed E-state index contributed by atoms with van der Waals surface area (Å²) in [5.41, 5.74) is 0.640. The molecule has 0 spiro atoms. The van der Waals surface area contributed by atoms with Crippen molar-refractivity contribution in [2.45, 2.75) is 12.6 Å². The Balaban J connectivity index is 2.81. The molecular formula is C9H7Br2FO2. The second-order valence-electron chi connectivity index (χ2n) is 2.79. The molecule has 1 atom stereocenters. The molecule has 0 radical (unpaired) electrons. The summed E-state index contributed by atoms with van der Waals surface area (Å²) >= 11 is 6.48. The smallest absolute Gasteiger partial charge is 0.338 e. The highest BCUT2D eigenvalue weighted by molar-refractivity contribution is 9.11. The van der Waals surface area contributed by atoms with Gasteiger partial charge in [-0.1, -0.05) is 31.9 Å². The molecule has 5 heteroatoms. The molecule has 0 amide bonds. The molecule has 0 aromatic heterocycles. The molecule has 1 rings (SSSR count). The number of rotatable bonds is 3. The maximum absolute atomic E-state index is 12.8. The van der Waals surface area contributed by atoms with E-state index in [4.69, 9.17) is 5.11 Å². The van der Waals surface area contributed by atoms with E-state index in [0.717, 1.165) is 8.95 Å². The highest BCUT2D eigenvalue weighted by Gasteiger charge is 2.16. The van der Waals surface area contributed by atoms with E-state index in [1.165, 1.54) is 0 Å². The minimum absolute atomic E-state index is 0.118. The van der Waals surface area contributed by atoms with Crippen LogP contribution in [0.15, 0.2) is 27.1 Å². The summed E-state index contributed by atoms with van der Waals surface area (Å²) in [5, 5.41) is 8.38. The van der Waals surface area contributed by atoms with E-state index in [9.17, 15) is 9.18 Å². The van der Waals surface area contributed by atoms with Crippen molar-refractivity contribution in [3.63, 3.8) is 0 Å². The molecule has 1 N–H and O–H groups in total. The molecule has 0 heterocycles. The van der Waals surface area contributed by atoms with Crippen LogP contribution >= 0.6 is 31.9 Å². The van der Waals surface area contributed by atoms with Crippen LogP contribution in [0, 0.1) is 0 Å². The van der Waals surface area contributed by atoms with E-state index < -0.39 is 12.1 Å². The Labute approximate surface area is 97.4 Å². The first kappa shape index (κ1) is 11.7. The van der Waals surface area contributed by atoms with Gasteiger partial charge in [0.2, 0.25) is 6.17 Å². The predicted octanol–water partition coefficient (Wildman–Crippen LogP) is 3.18. The zero-order valence-corrected chi connectivity index (χ0v) is 10.2. The van der Waals surface area contributed by atoms with Crippen molar-refractivity contribution in [2.24, 2.45) is 0 Å². The minimum atomic E-state index is -1.85. The Hall–Kier alpha value is -0.420. The molecule has 1 aromatic rings. The number of hydrogen-bond acceptors (Lipinski definition) is 1. The Kier molecular flexibility index (Phi) is 4.07. The average Bonchev–Trinajstić information content (AvgIpc) is 2.01. The van der Waals surface area contributed by atoms with Gasteiger partial charge in [0.05, 0.1) is 0 Å². The van der Waals surface area contributed by atoms with Gasteiger partial charge in [-0.25, -0.2) is 9.18 Å². The van der Waals surface area contributed by atoms with Gasteiger partial charge in [0.25, 0.3) is 0 Å². The summed E-state index contributed by atoms with van der Waals surface area (Å²) < 4.78 is 14.4. The van der Waals surface area contributed by atoms with Gasteiger partial charge in [-0.15, -0.1) is 0 Å². The van der Waals surface area contributed by atoms with Crippen LogP contribution in [0.5, 0.6) is 0 Å². The summed E-state index contributed by atoms with van der Waals surface area (Å²) in [5.74, 6) is -1.43. The highest BCUT2D eigenvalue weighted by Crippen LogP contribution is 2.21. The maximum Gasteiger partial charge on any atom is 0.338 e. The van der Waals surface area contributed by atoms with Gasteiger partial charge in [0.15, 0.2) is 0 Å². The monoisotopic (exact) mass is 324 g/mol. The summed E-state index contributed by atoms with van der Waals surface area (Å²) in [6, 6.07) is 5.19. The zero-order chi connectivity index (χ0) is 10.7. The molecule has 14 heavy (non-hydrogen) atoms. The minimum Gasteiger partial charge on any atom is -0.479 e. The lowest BCUT2D eigenvalue weighted by Gasteiger charge is -2.04. The highest BCUT2D eigenvalue weighted by atomic mass is 79.9. The number of hydrogen-bond donors (Lipinski definition) is 1. The molecule has 0 bridgehead atoms. The second kappa shape index (κ2) is 4.89. The van der Waals surface area contributed by atoms with Gasteiger partial charge in [0.1, 0.15) is 0 Å². The number of benzene rings is 1. The zero-order valence-electron chi connectivity index (χ0n) is 7.01. The summed E-state index contributed by atoms with van der Waals surface area (Å²) in [6.45, 7) is 0. The van der Waals surface area contributed by atoms with E-state index in [1.807, 2.05) is 0 Å². The molecule has 76 valence electrons. The fourth-order valence-electron chi connectivity index (χ4n) is 1.02. The van der Waals surface area contributed by atoms with Crippen molar-refractivity contribution < 1.29 is 14.3 Å². The van der Waals surface area contributed by atoms with E-state index in [1.54, 1.807) is 18.2 Å². The standard InChI is InChI=1S/C9H7Br2FO2/c10-6-1-5(2-7(11)4-6)3-8(12)9(13)14/h1-2,4,8H,3H2,(H,13,14)/t8-/m0/s1. The molecule has 0 unspecified atom stereocenters. The summed E-state index contributed by atoms with van der Waals surface area (Å²) in [4.78, 5) is 10.3. The van der Waals surface area contributed by atoms with Crippen molar-refractivity contribution >= 4 is 37.8 Å². The van der Waals surface area contributed by atoms with Crippen LogP contribution in [-0.4, -0.2) is 17.2 Å². The van der Waals surface area contributed by atoms with E-state index in [2.05, 4.69) is 31.9 Å². The first-order chi connectivity index (χ1) is 6.49. The van der Waals surface area contributed by atoms with Crippen molar-refractivity contribution in [2.75, 3.05) is 0 Å². The lowest BCUT2D eigenvalue weighted by Crippen LogP contribution is -2.17. The second-order valence-corrected chi connectivity index (χ2v) is 4.62. The van der Waals surface area contributed by atoms with Crippen molar-refractivity contribution in [1.29, 1.82) is 0 Å². The third kappa shape index (κ3) is 3.38. The molecule has 0 fully saturated rings. The number of aliphatic carboxylic acids is 1. The van der Waals surface area contributed by atoms with Gasteiger partial charge in [0, 0.05) is 15.4 Å². The van der Waals surface area contributed by atoms with Gasteiger partial charge in [-0.2, -0.15) is 0 Å². The normalized spacial score (nSPS) is 12.5. The van der Waals surface area contributed by atoms with Crippen LogP contribution in [0.4, 0.5) is 4.39 Å². The van der Waals surface area contributed by atoms with Crippen LogP contribution in [0.2, 0.25) is 0 Å². The topological polar surface area (TPSA) is 37.3 Å². The fourth-order valence-corrected chi connectivity index (χ4v) is 2.41. The molecule has 0 aliphatic rings. The number of carboxylic acid groups (broad SMARTS) is 1. The largest absolute Gasteiger partial charge is 0.479 e. The van der Waals surface area contributed by atoms with Crippen molar-refractivity contribution in [3.8, 4) is 0 Å². The van der Waals surface area contributed by atoms with Crippen LogP contribution in [0.25, 0.3) is 0 Å². The third-order valence-corrected chi connectivity index (χ3v) is 2.52. The lowest BCUT2D eigenvalue weighted by atomic mass is 10.1. The van der Waals surface area contributed by atoms with Crippen molar-refractivity contribution in [1.82, 2.24) is 0 Å². The van der Waals surface area contributed by atoms with Crippen LogP contribution < -0.4 is 0 Å². The van der Waals surface area contributed by atoms with E-state index in [0.29, 0.717) is 5.56 Å². The van der Waals surface area contributed by atoms with Crippen LogP contribution in [-0.2, 0) is 11.2 Å². The molecule has 0 aliphatic carbocycles. The third-order valence-electron chi connectivity index (χ3n) is 1.61. The van der Waals surface area contributed by atoms with Crippen molar-refractivity contribution in [3.05, 3.63) is 32.7 Å². The summed E-state index contributed by atoms with van der Waals surface area (Å²) in [7, 11) is 0. The van der Waals surface area contributed by atoms with Gasteiger partial charge in [-0.05, 0) is 23.8 Å². The predicted molar refractivity (Wildman–Crippen MR) is 58.1 cm³/mol. The molecule has 2 nitrogen and oxygen atoms in total. The average molecular weight is 326 g/mol. The Bertz CT molecular complexity index is 334. The van der Waals surface area contributed by atoms with Gasteiger partial charge in [-0.3, -0.25) is 0 Å². The number of halogens is 3. The molecular weight excluding hydrogens is 319 g/mol. The van der Waals surface area contributed by atoms with Gasteiger partial charge >= 0.3 is 5.97 Å². The Morgan fingerprint density at radius 1 is 1.36 bits per heavy atom. The SMILES string of the molecule is O=C(O)[C@@H](F)Cc1cc(Br)cc(Br)c1. The Morgan fingerprint density at radius 2 is 1.86 bits per heavy atom. The molecule has 1 aromatic carbocycles. The number of carbonyl (C=O) groups is 1. The van der Waals surface area contributed by atoms with Crippen LogP contribution in [0.1, 0.15) is 5.56 Å². The van der Waals surface area contributed by atoms with E-state index in [-0.39, 0.29) is 6.42 Å². The molecule has 0 saturated carbocycles. The van der Waals surface area contributed by atoms with Crippen LogP contribution in [0.3, 0.4) is 0 Å². The maximum atomic E-state index is 12.8. The number of alkyl halides is 1. The first-order valence-corrected chi connectivity index (χ1v) is 5.39. The Morgan fingerprint density at radius 3 is 2.29 bits per heavy atom. The lowest BCUT2D eigenvalue weighted by molar-refractivity contribution is -0.142. The summed E-state index contributed by atoms with van der Waals surface area (Å²) in [6.07, 6.45) is -1.97. The molecule has 0 saturated heterocycles. The molecule has 0 aliphatic heterocycles. The quantitative estimate of drug-likeness (QED) is 0.926. The first-order valence-electron chi connectivity index (χ1n) is 3.81. The van der Waals surface area contributed by atoms with Gasteiger partial charge < -0.3 is 5.11 Å². The van der Waals surface area contributed by atoms with E-state index >= 15 is 0 Å².